The van der Waals surface area contributed by atoms with Crippen molar-refractivity contribution < 1.29 is 9.53 Å². The summed E-state index contributed by atoms with van der Waals surface area (Å²) in [6.45, 7) is 0. The van der Waals surface area contributed by atoms with Gasteiger partial charge in [-0.25, -0.2) is 0 Å². The molecule has 5 heteroatoms. The first-order valence-corrected chi connectivity index (χ1v) is 8.19. The van der Waals surface area contributed by atoms with Crippen LogP contribution in [0, 0.1) is 11.3 Å². The predicted molar refractivity (Wildman–Crippen MR) is 89.3 cm³/mol. The summed E-state index contributed by atoms with van der Waals surface area (Å²) in [5.74, 6) is 0.317. The number of ether oxygens (including phenoxy) is 1. The Labute approximate surface area is 139 Å². The van der Waals surface area contributed by atoms with Crippen LogP contribution < -0.4 is 10.1 Å². The smallest absolute Gasteiger partial charge is 0.262 e. The third-order valence-electron chi connectivity index (χ3n) is 3.80. The molecule has 22 heavy (non-hydrogen) atoms. The van der Waals surface area contributed by atoms with E-state index in [1.807, 2.05) is 18.2 Å². The molecule has 0 atom stereocenters. The molecular weight excluding hydrogens is 344 g/mol. The summed E-state index contributed by atoms with van der Waals surface area (Å²) in [6.07, 6.45) is 7.05. The molecule has 0 spiro atoms. The molecule has 116 valence electrons. The number of nitriles is 1. The molecule has 0 radical (unpaired) electrons. The van der Waals surface area contributed by atoms with Crippen LogP contribution in [0.4, 0.5) is 0 Å². The lowest BCUT2D eigenvalue weighted by molar-refractivity contribution is -0.117. The van der Waals surface area contributed by atoms with Crippen molar-refractivity contribution in [1.29, 1.82) is 5.26 Å². The molecule has 0 aliphatic heterocycles. The summed E-state index contributed by atoms with van der Waals surface area (Å²) < 4.78 is 6.13. The van der Waals surface area contributed by atoms with Crippen molar-refractivity contribution >= 4 is 27.9 Å². The van der Waals surface area contributed by atoms with Gasteiger partial charge in [0.15, 0.2) is 0 Å². The van der Waals surface area contributed by atoms with Gasteiger partial charge in [0.05, 0.1) is 7.11 Å². The van der Waals surface area contributed by atoms with Gasteiger partial charge in [-0.05, 0) is 37.1 Å². The van der Waals surface area contributed by atoms with E-state index in [4.69, 9.17) is 4.74 Å². The monoisotopic (exact) mass is 362 g/mol. The second-order valence-corrected chi connectivity index (χ2v) is 6.28. The third kappa shape index (κ3) is 4.35. The summed E-state index contributed by atoms with van der Waals surface area (Å²) in [5.41, 5.74) is 0.800. The van der Waals surface area contributed by atoms with Crippen molar-refractivity contribution in [3.05, 3.63) is 33.8 Å². The minimum absolute atomic E-state index is 0.0990. The largest absolute Gasteiger partial charge is 0.496 e. The zero-order valence-electron chi connectivity index (χ0n) is 12.6. The first kappa shape index (κ1) is 16.6. The lowest BCUT2D eigenvalue weighted by Gasteiger charge is -2.22. The zero-order valence-corrected chi connectivity index (χ0v) is 14.1. The number of nitrogens with zero attached hydrogens (tertiary/aromatic N) is 1. The van der Waals surface area contributed by atoms with Gasteiger partial charge in [-0.3, -0.25) is 4.79 Å². The Morgan fingerprint density at radius 3 is 2.77 bits per heavy atom. The Bertz CT molecular complexity index is 614. The topological polar surface area (TPSA) is 62.1 Å². The van der Waals surface area contributed by atoms with Crippen LogP contribution in [-0.2, 0) is 4.79 Å². The summed E-state index contributed by atoms with van der Waals surface area (Å²) >= 11 is 3.39. The maximum atomic E-state index is 12.3. The highest BCUT2D eigenvalue weighted by Gasteiger charge is 2.18. The van der Waals surface area contributed by atoms with E-state index in [-0.39, 0.29) is 17.5 Å². The van der Waals surface area contributed by atoms with Crippen molar-refractivity contribution in [1.82, 2.24) is 5.32 Å². The molecule has 0 unspecified atom stereocenters. The molecule has 0 aromatic heterocycles. The van der Waals surface area contributed by atoms with Gasteiger partial charge in [0.2, 0.25) is 0 Å². The van der Waals surface area contributed by atoms with Crippen molar-refractivity contribution in [2.45, 2.75) is 38.1 Å². The van der Waals surface area contributed by atoms with Crippen LogP contribution >= 0.6 is 15.9 Å². The number of hydrogen-bond donors (Lipinski definition) is 1. The molecule has 4 nitrogen and oxygen atoms in total. The predicted octanol–water partition coefficient (Wildman–Crippen LogP) is 3.81. The normalized spacial score (nSPS) is 16.0. The Morgan fingerprint density at radius 2 is 2.14 bits per heavy atom. The van der Waals surface area contributed by atoms with Crippen LogP contribution in [0.2, 0.25) is 0 Å². The minimum atomic E-state index is -0.309. The van der Waals surface area contributed by atoms with E-state index in [0.717, 1.165) is 30.2 Å². The van der Waals surface area contributed by atoms with Crippen LogP contribution in [0.1, 0.15) is 37.7 Å². The zero-order chi connectivity index (χ0) is 15.9. The van der Waals surface area contributed by atoms with Crippen molar-refractivity contribution in [3.8, 4) is 11.8 Å². The Hall–Kier alpha value is -1.80. The number of hydrogen-bond acceptors (Lipinski definition) is 3. The van der Waals surface area contributed by atoms with Gasteiger partial charge in [-0.1, -0.05) is 35.2 Å². The van der Waals surface area contributed by atoms with E-state index in [1.54, 1.807) is 19.3 Å². The number of carbonyl (C=O) groups is 1. The fraction of sp³-hybridized carbons (Fsp3) is 0.412. The van der Waals surface area contributed by atoms with E-state index in [9.17, 15) is 10.1 Å². The summed E-state index contributed by atoms with van der Waals surface area (Å²) in [7, 11) is 1.56. The molecule has 0 saturated heterocycles. The van der Waals surface area contributed by atoms with E-state index in [2.05, 4.69) is 21.2 Å². The molecule has 2 rings (SSSR count). The van der Waals surface area contributed by atoms with Crippen LogP contribution in [0.5, 0.6) is 5.75 Å². The SMILES string of the molecule is COc1ccc(Br)cc1/C=C(\C#N)C(=O)NC1CCCCC1. The highest BCUT2D eigenvalue weighted by atomic mass is 79.9. The third-order valence-corrected chi connectivity index (χ3v) is 4.29. The highest BCUT2D eigenvalue weighted by Crippen LogP contribution is 2.25. The van der Waals surface area contributed by atoms with Crippen molar-refractivity contribution in [2.75, 3.05) is 7.11 Å². The number of rotatable bonds is 4. The summed E-state index contributed by atoms with van der Waals surface area (Å²) in [4.78, 5) is 12.3. The Balaban J connectivity index is 2.18. The standard InChI is InChI=1S/C17H19BrN2O2/c1-22-16-8-7-14(18)10-12(16)9-13(11-19)17(21)20-15-5-3-2-4-6-15/h7-10,15H,2-6H2,1H3,(H,20,21)/b13-9+. The first-order chi connectivity index (χ1) is 10.6. The second-order valence-electron chi connectivity index (χ2n) is 5.36. The molecular formula is C17H19BrN2O2. The lowest BCUT2D eigenvalue weighted by Crippen LogP contribution is -2.36. The van der Waals surface area contributed by atoms with Crippen molar-refractivity contribution in [3.63, 3.8) is 0 Å². The van der Waals surface area contributed by atoms with E-state index in [1.165, 1.54) is 6.42 Å². The molecule has 1 amide bonds. The number of halogens is 1. The number of carbonyl (C=O) groups excluding carboxylic acids is 1. The van der Waals surface area contributed by atoms with Gasteiger partial charge in [0, 0.05) is 16.1 Å². The number of methoxy groups -OCH3 is 1. The molecule has 1 N–H and O–H groups in total. The number of nitrogens with one attached hydrogen (secondary N) is 1. The van der Waals surface area contributed by atoms with Crippen LogP contribution in [0.15, 0.2) is 28.2 Å². The van der Waals surface area contributed by atoms with Crippen molar-refractivity contribution in [2.24, 2.45) is 0 Å². The quantitative estimate of drug-likeness (QED) is 0.654. The summed E-state index contributed by atoms with van der Waals surface area (Å²) in [6, 6.07) is 7.64. The van der Waals surface area contributed by atoms with E-state index < -0.39 is 0 Å². The number of amides is 1. The maximum Gasteiger partial charge on any atom is 0.262 e. The second kappa shape index (κ2) is 8.00. The average Bonchev–Trinajstić information content (AvgIpc) is 2.53. The van der Waals surface area contributed by atoms with Gasteiger partial charge in [-0.15, -0.1) is 0 Å². The Kier molecular flexibility index (Phi) is 6.02. The number of benzene rings is 1. The minimum Gasteiger partial charge on any atom is -0.496 e. The van der Waals surface area contributed by atoms with Gasteiger partial charge in [-0.2, -0.15) is 5.26 Å². The first-order valence-electron chi connectivity index (χ1n) is 7.40. The molecule has 1 saturated carbocycles. The molecule has 1 aliphatic rings. The van der Waals surface area contributed by atoms with Crippen LogP contribution in [0.3, 0.4) is 0 Å². The van der Waals surface area contributed by atoms with Gasteiger partial charge >= 0.3 is 0 Å². The molecule has 1 aliphatic carbocycles. The maximum absolute atomic E-state index is 12.3. The molecule has 1 aromatic carbocycles. The fourth-order valence-electron chi connectivity index (χ4n) is 2.63. The highest BCUT2D eigenvalue weighted by molar-refractivity contribution is 9.10. The Morgan fingerprint density at radius 1 is 1.41 bits per heavy atom. The van der Waals surface area contributed by atoms with E-state index >= 15 is 0 Å². The van der Waals surface area contributed by atoms with Gasteiger partial charge in [0.25, 0.3) is 5.91 Å². The van der Waals surface area contributed by atoms with Gasteiger partial charge < -0.3 is 10.1 Å². The molecule has 0 bridgehead atoms. The lowest BCUT2D eigenvalue weighted by atomic mass is 9.95. The average molecular weight is 363 g/mol. The molecule has 1 aromatic rings. The van der Waals surface area contributed by atoms with Gasteiger partial charge in [0.1, 0.15) is 17.4 Å². The molecule has 0 heterocycles. The van der Waals surface area contributed by atoms with Crippen LogP contribution in [0.25, 0.3) is 6.08 Å². The summed E-state index contributed by atoms with van der Waals surface area (Å²) in [5, 5.41) is 12.2. The van der Waals surface area contributed by atoms with Crippen LogP contribution in [-0.4, -0.2) is 19.1 Å². The fourth-order valence-corrected chi connectivity index (χ4v) is 3.01. The van der Waals surface area contributed by atoms with E-state index in [0.29, 0.717) is 11.3 Å². The molecule has 1 fully saturated rings.